The van der Waals surface area contributed by atoms with E-state index in [2.05, 4.69) is 31.4 Å². The number of carbonyl (C=O) groups is 2. The molecule has 2 aliphatic carbocycles. The van der Waals surface area contributed by atoms with Crippen molar-refractivity contribution in [1.29, 1.82) is 0 Å². The van der Waals surface area contributed by atoms with Gasteiger partial charge in [-0.25, -0.2) is 0 Å². The normalized spacial score (nSPS) is 19.9. The zero-order valence-electron chi connectivity index (χ0n) is 23.1. The Balaban J connectivity index is 1.60. The first-order valence-corrected chi connectivity index (χ1v) is 15.0. The predicted octanol–water partition coefficient (Wildman–Crippen LogP) is 6.48. The molecule has 210 valence electrons. The van der Waals surface area contributed by atoms with Crippen LogP contribution in [-0.2, 0) is 10.1 Å². The van der Waals surface area contributed by atoms with Crippen molar-refractivity contribution in [3.8, 4) is 5.75 Å². The van der Waals surface area contributed by atoms with Crippen molar-refractivity contribution in [3.05, 3.63) is 76.9 Å². The van der Waals surface area contributed by atoms with Crippen LogP contribution in [0, 0.1) is 11.3 Å². The zero-order valence-corrected chi connectivity index (χ0v) is 23.9. The van der Waals surface area contributed by atoms with E-state index in [9.17, 15) is 22.6 Å². The topological polar surface area (TPSA) is 122 Å². The van der Waals surface area contributed by atoms with Gasteiger partial charge in [-0.15, -0.1) is 0 Å². The largest absolute Gasteiger partial charge is 0.492 e. The average molecular weight is 563 g/mol. The van der Waals surface area contributed by atoms with Gasteiger partial charge in [0.05, 0.1) is 23.4 Å². The van der Waals surface area contributed by atoms with Crippen molar-refractivity contribution in [2.45, 2.75) is 57.9 Å². The fourth-order valence-corrected chi connectivity index (χ4v) is 7.00. The molecule has 5 rings (SSSR count). The molecule has 2 unspecified atom stereocenters. The lowest BCUT2D eigenvalue weighted by Gasteiger charge is -2.40. The number of nitrogens with one attached hydrogen (secondary N) is 2. The Labute approximate surface area is 234 Å². The molecule has 9 heteroatoms. The fraction of sp³-hybridized carbons (Fsp3) is 0.355. The van der Waals surface area contributed by atoms with Crippen LogP contribution in [0.1, 0.15) is 78.8 Å². The van der Waals surface area contributed by atoms with Gasteiger partial charge in [0.25, 0.3) is 10.1 Å². The van der Waals surface area contributed by atoms with Gasteiger partial charge in [0.1, 0.15) is 10.6 Å². The van der Waals surface area contributed by atoms with Gasteiger partial charge < -0.3 is 15.4 Å². The molecule has 0 heterocycles. The molecule has 40 heavy (non-hydrogen) atoms. The molecule has 0 aromatic heterocycles. The lowest BCUT2D eigenvalue weighted by Crippen LogP contribution is -2.36. The Kier molecular flexibility index (Phi) is 7.22. The molecule has 3 N–H and O–H groups in total. The van der Waals surface area contributed by atoms with Crippen LogP contribution in [0.2, 0.25) is 0 Å². The predicted molar refractivity (Wildman–Crippen MR) is 155 cm³/mol. The third kappa shape index (κ3) is 5.36. The highest BCUT2D eigenvalue weighted by atomic mass is 32.2. The van der Waals surface area contributed by atoms with Gasteiger partial charge in [-0.05, 0) is 67.9 Å². The van der Waals surface area contributed by atoms with Crippen molar-refractivity contribution in [2.75, 3.05) is 17.2 Å². The molecule has 2 atom stereocenters. The molecular weight excluding hydrogens is 528 g/mol. The third-order valence-electron chi connectivity index (χ3n) is 7.62. The number of rotatable bonds is 7. The van der Waals surface area contributed by atoms with Crippen LogP contribution in [0.5, 0.6) is 5.75 Å². The Morgan fingerprint density at radius 2 is 1.57 bits per heavy atom. The molecule has 8 nitrogen and oxygen atoms in total. The molecule has 0 radical (unpaired) electrons. The minimum atomic E-state index is -4.58. The van der Waals surface area contributed by atoms with Crippen molar-refractivity contribution < 1.29 is 27.3 Å². The molecule has 3 aromatic rings. The van der Waals surface area contributed by atoms with Crippen molar-refractivity contribution >= 4 is 38.7 Å². The second kappa shape index (κ2) is 10.4. The molecule has 1 saturated carbocycles. The smallest absolute Gasteiger partial charge is 0.298 e. The van der Waals surface area contributed by atoms with Crippen LogP contribution in [-0.4, -0.2) is 37.2 Å². The van der Waals surface area contributed by atoms with Crippen molar-refractivity contribution in [3.63, 3.8) is 0 Å². The van der Waals surface area contributed by atoms with Crippen LogP contribution in [0.3, 0.4) is 0 Å². The van der Waals surface area contributed by atoms with Gasteiger partial charge in [0.15, 0.2) is 11.6 Å². The van der Waals surface area contributed by atoms with Gasteiger partial charge in [-0.2, -0.15) is 8.42 Å². The molecule has 0 saturated heterocycles. The maximum atomic E-state index is 13.9. The minimum Gasteiger partial charge on any atom is -0.492 e. The van der Waals surface area contributed by atoms with E-state index in [4.69, 9.17) is 4.74 Å². The van der Waals surface area contributed by atoms with Gasteiger partial charge >= 0.3 is 0 Å². The quantitative estimate of drug-likeness (QED) is 0.219. The van der Waals surface area contributed by atoms with E-state index in [1.165, 1.54) is 12.1 Å². The Bertz CT molecular complexity index is 1610. The van der Waals surface area contributed by atoms with E-state index in [0.717, 1.165) is 19.3 Å². The summed E-state index contributed by atoms with van der Waals surface area (Å²) in [7, 11) is -4.58. The summed E-state index contributed by atoms with van der Waals surface area (Å²) in [5, 5.41) is 6.70. The third-order valence-corrected chi connectivity index (χ3v) is 8.50. The molecule has 1 fully saturated rings. The highest BCUT2D eigenvalue weighted by Crippen LogP contribution is 2.42. The summed E-state index contributed by atoms with van der Waals surface area (Å²) < 4.78 is 39.2. The van der Waals surface area contributed by atoms with Crippen molar-refractivity contribution in [2.24, 2.45) is 11.3 Å². The molecule has 0 amide bonds. The van der Waals surface area contributed by atoms with Crippen LogP contribution in [0.25, 0.3) is 0 Å². The van der Waals surface area contributed by atoms with Crippen LogP contribution in [0.15, 0.2) is 59.5 Å². The van der Waals surface area contributed by atoms with Crippen LogP contribution in [0.4, 0.5) is 17.1 Å². The summed E-state index contributed by atoms with van der Waals surface area (Å²) in [6.45, 7) is 8.66. The van der Waals surface area contributed by atoms with Gasteiger partial charge in [-0.3, -0.25) is 14.1 Å². The van der Waals surface area contributed by atoms with E-state index in [0.29, 0.717) is 39.7 Å². The fourth-order valence-electron chi connectivity index (χ4n) is 6.34. The van der Waals surface area contributed by atoms with Gasteiger partial charge in [0, 0.05) is 28.5 Å². The molecular formula is C31H34N2O6S. The number of hydrogen-bond donors (Lipinski definition) is 3. The molecule has 3 aromatic carbocycles. The average Bonchev–Trinajstić information content (AvgIpc) is 2.87. The van der Waals surface area contributed by atoms with Gasteiger partial charge in [0.2, 0.25) is 0 Å². The molecule has 0 bridgehead atoms. The summed E-state index contributed by atoms with van der Waals surface area (Å²) in [4.78, 5) is 27.3. The molecule has 2 aliphatic rings. The minimum absolute atomic E-state index is 0.0157. The number of hydrogen-bond acceptors (Lipinski definition) is 7. The maximum Gasteiger partial charge on any atom is 0.298 e. The monoisotopic (exact) mass is 562 g/mol. The lowest BCUT2D eigenvalue weighted by molar-refractivity contribution is 0.0980. The highest BCUT2D eigenvalue weighted by Gasteiger charge is 2.36. The van der Waals surface area contributed by atoms with Gasteiger partial charge in [-0.1, -0.05) is 45.0 Å². The summed E-state index contributed by atoms with van der Waals surface area (Å²) in [6.07, 6.45) is 3.03. The first kappa shape index (κ1) is 27.9. The highest BCUT2D eigenvalue weighted by molar-refractivity contribution is 7.86. The van der Waals surface area contributed by atoms with E-state index >= 15 is 0 Å². The first-order chi connectivity index (χ1) is 18.9. The zero-order chi connectivity index (χ0) is 28.8. The number of ketones is 2. The molecule has 0 aliphatic heterocycles. The van der Waals surface area contributed by atoms with Crippen molar-refractivity contribution in [1.82, 2.24) is 0 Å². The number of fused-ring (bicyclic) bond motifs is 2. The number of anilines is 3. The lowest BCUT2D eigenvalue weighted by atomic mass is 9.70. The van der Waals surface area contributed by atoms with E-state index < -0.39 is 15.0 Å². The Morgan fingerprint density at radius 3 is 2.17 bits per heavy atom. The Hall–Kier alpha value is -3.69. The second-order valence-corrected chi connectivity index (χ2v) is 13.0. The number of benzene rings is 3. The molecule has 0 spiro atoms. The number of ether oxygens (including phenoxy) is 1. The van der Waals surface area contributed by atoms with Crippen LogP contribution >= 0.6 is 0 Å². The summed E-state index contributed by atoms with van der Waals surface area (Å²) >= 11 is 0. The SMILES string of the molecule is CCOc1ccc(Nc2ccc(NC3CC(C)CC(C)(C)C3)c3c2C(=O)c2ccccc2C3=O)cc1S(=O)(=O)O. The summed E-state index contributed by atoms with van der Waals surface area (Å²) in [5.41, 5.74) is 2.61. The van der Waals surface area contributed by atoms with E-state index in [1.54, 1.807) is 49.4 Å². The van der Waals surface area contributed by atoms with Crippen LogP contribution < -0.4 is 15.4 Å². The number of carbonyl (C=O) groups excluding carboxylic acids is 2. The second-order valence-electron chi connectivity index (χ2n) is 11.6. The van der Waals surface area contributed by atoms with E-state index in [-0.39, 0.29) is 40.9 Å². The van der Waals surface area contributed by atoms with E-state index in [1.807, 2.05) is 0 Å². The first-order valence-electron chi connectivity index (χ1n) is 13.5. The maximum absolute atomic E-state index is 13.9. The summed E-state index contributed by atoms with van der Waals surface area (Å²) in [5.74, 6) is -0.00547. The standard InChI is InChI=1S/C31H34N2O6S/c1-5-39-25-13-10-19(15-26(25)40(36,37)38)32-23-11-12-24(33-20-14-18(2)16-31(3,4)17-20)28-27(23)29(34)21-8-6-7-9-22(21)30(28)35/h6-13,15,18,20,32-33H,5,14,16-17H2,1-4H3,(H,36,37,38). The Morgan fingerprint density at radius 1 is 0.950 bits per heavy atom. The summed E-state index contributed by atoms with van der Waals surface area (Å²) in [6, 6.07) is 14.7.